The van der Waals surface area contributed by atoms with E-state index in [-0.39, 0.29) is 5.54 Å². The maximum absolute atomic E-state index is 5.06. The summed E-state index contributed by atoms with van der Waals surface area (Å²) in [5.41, 5.74) is 0.246. The molecule has 0 aliphatic carbocycles. The first-order valence-electron chi connectivity index (χ1n) is 5.74. The maximum Gasteiger partial charge on any atom is 0.159 e. The van der Waals surface area contributed by atoms with E-state index in [9.17, 15) is 0 Å². The standard InChI is InChI=1S/C12H16N2O/c1-2-10-3-7-12(6-1,14-10)8-4-11-5-9-13-15-11/h4-5,8-10,14H,1-3,6-7H2. The molecule has 1 aromatic heterocycles. The van der Waals surface area contributed by atoms with Gasteiger partial charge in [-0.1, -0.05) is 11.2 Å². The van der Waals surface area contributed by atoms with Gasteiger partial charge < -0.3 is 9.84 Å². The molecule has 3 rings (SSSR count). The molecular formula is C12H16N2O. The van der Waals surface area contributed by atoms with Crippen LogP contribution >= 0.6 is 0 Å². The van der Waals surface area contributed by atoms with Crippen LogP contribution in [0.2, 0.25) is 0 Å². The van der Waals surface area contributed by atoms with Gasteiger partial charge in [-0.3, -0.25) is 0 Å². The quantitative estimate of drug-likeness (QED) is 0.803. The van der Waals surface area contributed by atoms with Crippen molar-refractivity contribution in [3.8, 4) is 0 Å². The highest BCUT2D eigenvalue weighted by atomic mass is 16.5. The van der Waals surface area contributed by atoms with E-state index in [0.717, 1.165) is 11.8 Å². The van der Waals surface area contributed by atoms with E-state index in [1.165, 1.54) is 32.1 Å². The van der Waals surface area contributed by atoms with Gasteiger partial charge >= 0.3 is 0 Å². The fourth-order valence-electron chi connectivity index (χ4n) is 2.83. The Labute approximate surface area is 89.5 Å². The summed E-state index contributed by atoms with van der Waals surface area (Å²) in [6, 6.07) is 2.64. The molecule has 3 nitrogen and oxygen atoms in total. The first-order valence-corrected chi connectivity index (χ1v) is 5.74. The zero-order chi connectivity index (χ0) is 10.1. The Bertz CT molecular complexity index is 354. The second-order valence-electron chi connectivity index (χ2n) is 4.68. The smallest absolute Gasteiger partial charge is 0.159 e. The lowest BCUT2D eigenvalue weighted by atomic mass is 9.90. The second-order valence-corrected chi connectivity index (χ2v) is 4.68. The molecule has 80 valence electrons. The third kappa shape index (κ3) is 1.72. The van der Waals surface area contributed by atoms with Crippen molar-refractivity contribution in [2.45, 2.75) is 43.7 Å². The van der Waals surface area contributed by atoms with Crippen molar-refractivity contribution in [3.63, 3.8) is 0 Å². The van der Waals surface area contributed by atoms with E-state index in [2.05, 4.69) is 16.5 Å². The number of aromatic nitrogens is 1. The van der Waals surface area contributed by atoms with E-state index >= 15 is 0 Å². The van der Waals surface area contributed by atoms with Gasteiger partial charge in [0.1, 0.15) is 0 Å². The van der Waals surface area contributed by atoms with E-state index in [1.54, 1.807) is 6.20 Å². The number of piperidine rings is 1. The molecule has 1 N–H and O–H groups in total. The molecule has 0 aromatic carbocycles. The minimum absolute atomic E-state index is 0.246. The second kappa shape index (κ2) is 3.49. The number of hydrogen-bond donors (Lipinski definition) is 1. The van der Waals surface area contributed by atoms with Crippen LogP contribution in [0.3, 0.4) is 0 Å². The molecule has 0 spiro atoms. The van der Waals surface area contributed by atoms with Crippen LogP contribution in [-0.2, 0) is 0 Å². The minimum Gasteiger partial charge on any atom is -0.357 e. The van der Waals surface area contributed by atoms with Crippen LogP contribution in [0.4, 0.5) is 0 Å². The average molecular weight is 204 g/mol. The number of nitrogens with one attached hydrogen (secondary N) is 1. The summed E-state index contributed by atoms with van der Waals surface area (Å²) in [7, 11) is 0. The third-order valence-corrected chi connectivity index (χ3v) is 3.63. The summed E-state index contributed by atoms with van der Waals surface area (Å²) in [6.45, 7) is 0. The number of hydrogen-bond acceptors (Lipinski definition) is 3. The monoisotopic (exact) mass is 204 g/mol. The van der Waals surface area contributed by atoms with E-state index in [4.69, 9.17) is 4.52 Å². The Balaban J connectivity index is 1.77. The van der Waals surface area contributed by atoms with Crippen LogP contribution in [0.15, 0.2) is 22.9 Å². The largest absolute Gasteiger partial charge is 0.357 e. The van der Waals surface area contributed by atoms with Gasteiger partial charge in [0.05, 0.1) is 6.20 Å². The van der Waals surface area contributed by atoms with E-state index in [1.807, 2.05) is 12.1 Å². The molecule has 3 heterocycles. The van der Waals surface area contributed by atoms with Crippen molar-refractivity contribution in [1.29, 1.82) is 0 Å². The minimum atomic E-state index is 0.246. The van der Waals surface area contributed by atoms with Crippen LogP contribution in [0.1, 0.15) is 37.9 Å². The molecule has 0 radical (unpaired) electrons. The van der Waals surface area contributed by atoms with Crippen molar-refractivity contribution >= 4 is 6.08 Å². The van der Waals surface area contributed by atoms with Gasteiger partial charge in [-0.15, -0.1) is 0 Å². The van der Waals surface area contributed by atoms with Gasteiger partial charge in [0.25, 0.3) is 0 Å². The third-order valence-electron chi connectivity index (χ3n) is 3.63. The van der Waals surface area contributed by atoms with Gasteiger partial charge in [-0.05, 0) is 38.2 Å². The van der Waals surface area contributed by atoms with Crippen molar-refractivity contribution in [1.82, 2.24) is 10.5 Å². The zero-order valence-electron chi connectivity index (χ0n) is 8.78. The van der Waals surface area contributed by atoms with E-state index < -0.39 is 0 Å². The van der Waals surface area contributed by atoms with Crippen molar-refractivity contribution in [3.05, 3.63) is 24.1 Å². The van der Waals surface area contributed by atoms with Crippen molar-refractivity contribution in [2.75, 3.05) is 0 Å². The predicted molar refractivity (Wildman–Crippen MR) is 58.3 cm³/mol. The molecule has 2 aliphatic heterocycles. The Hall–Kier alpha value is -1.09. The molecule has 2 aliphatic rings. The fourth-order valence-corrected chi connectivity index (χ4v) is 2.83. The number of rotatable bonds is 2. The summed E-state index contributed by atoms with van der Waals surface area (Å²) in [5.74, 6) is 0.847. The molecule has 1 aromatic rings. The van der Waals surface area contributed by atoms with Gasteiger partial charge in [-0.2, -0.15) is 0 Å². The molecule has 0 saturated carbocycles. The first-order chi connectivity index (χ1) is 7.36. The lowest BCUT2D eigenvalue weighted by molar-refractivity contribution is 0.334. The zero-order valence-corrected chi connectivity index (χ0v) is 8.78. The topological polar surface area (TPSA) is 38.1 Å². The van der Waals surface area contributed by atoms with Crippen LogP contribution < -0.4 is 5.32 Å². The normalized spacial score (nSPS) is 35.1. The van der Waals surface area contributed by atoms with E-state index in [0.29, 0.717) is 0 Å². The molecule has 2 saturated heterocycles. The molecular weight excluding hydrogens is 188 g/mol. The summed E-state index contributed by atoms with van der Waals surface area (Å²) >= 11 is 0. The molecule has 3 heteroatoms. The van der Waals surface area contributed by atoms with Crippen LogP contribution in [0.5, 0.6) is 0 Å². The molecule has 2 atom stereocenters. The van der Waals surface area contributed by atoms with Crippen molar-refractivity contribution < 1.29 is 4.52 Å². The maximum atomic E-state index is 5.06. The Kier molecular flexibility index (Phi) is 2.13. The Morgan fingerprint density at radius 2 is 2.47 bits per heavy atom. The fraction of sp³-hybridized carbons (Fsp3) is 0.583. The van der Waals surface area contributed by atoms with Gasteiger partial charge in [0.15, 0.2) is 5.76 Å². The van der Waals surface area contributed by atoms with Gasteiger partial charge in [0, 0.05) is 17.6 Å². The Morgan fingerprint density at radius 3 is 3.33 bits per heavy atom. The lowest BCUT2D eigenvalue weighted by Crippen LogP contribution is -2.44. The van der Waals surface area contributed by atoms with Gasteiger partial charge in [-0.25, -0.2) is 0 Å². The van der Waals surface area contributed by atoms with Crippen LogP contribution in [0.25, 0.3) is 6.08 Å². The van der Waals surface area contributed by atoms with Crippen molar-refractivity contribution in [2.24, 2.45) is 0 Å². The SMILES string of the molecule is C(=CC12CCCC(CC1)N2)c1ccno1. The molecule has 2 unspecified atom stereocenters. The first kappa shape index (κ1) is 9.16. The molecule has 15 heavy (non-hydrogen) atoms. The van der Waals surface area contributed by atoms with Crippen LogP contribution in [-0.4, -0.2) is 16.7 Å². The van der Waals surface area contributed by atoms with Crippen LogP contribution in [0, 0.1) is 0 Å². The number of nitrogens with zero attached hydrogens (tertiary/aromatic N) is 1. The highest BCUT2D eigenvalue weighted by molar-refractivity contribution is 5.44. The highest BCUT2D eigenvalue weighted by Crippen LogP contribution is 2.36. The molecule has 2 bridgehead atoms. The Morgan fingerprint density at radius 1 is 1.47 bits per heavy atom. The average Bonchev–Trinajstić information content (AvgIpc) is 2.85. The molecule has 0 amide bonds. The summed E-state index contributed by atoms with van der Waals surface area (Å²) in [4.78, 5) is 0. The predicted octanol–water partition coefficient (Wildman–Crippen LogP) is 2.36. The summed E-state index contributed by atoms with van der Waals surface area (Å²) in [6.07, 6.45) is 12.5. The van der Waals surface area contributed by atoms with Gasteiger partial charge in [0.2, 0.25) is 0 Å². The molecule has 2 fully saturated rings. The number of fused-ring (bicyclic) bond motifs is 2. The highest BCUT2D eigenvalue weighted by Gasteiger charge is 2.39. The lowest BCUT2D eigenvalue weighted by Gasteiger charge is -2.31. The summed E-state index contributed by atoms with van der Waals surface area (Å²) in [5, 5.41) is 7.42. The summed E-state index contributed by atoms with van der Waals surface area (Å²) < 4.78 is 5.06.